The Hall–Kier alpha value is -4.15. The molecule has 1 saturated carbocycles. The van der Waals surface area contributed by atoms with E-state index in [2.05, 4.69) is 25.2 Å². The maximum atomic E-state index is 14.9. The summed E-state index contributed by atoms with van der Waals surface area (Å²) < 4.78 is 38.6. The van der Waals surface area contributed by atoms with E-state index >= 15 is 0 Å². The molecule has 0 unspecified atom stereocenters. The monoisotopic (exact) mass is 536 g/mol. The minimum atomic E-state index is -0.981. The lowest BCUT2D eigenvalue weighted by atomic mass is 9.94. The average Bonchev–Trinajstić information content (AvgIpc) is 3.41. The van der Waals surface area contributed by atoms with Crippen molar-refractivity contribution in [3.05, 3.63) is 53.9 Å². The zero-order valence-corrected chi connectivity index (χ0v) is 22.6. The molecule has 0 bridgehead atoms. The number of anilines is 1. The largest absolute Gasteiger partial charge is 0.497 e. The Labute approximate surface area is 226 Å². The van der Waals surface area contributed by atoms with E-state index in [1.807, 2.05) is 36.4 Å². The molecule has 0 saturated heterocycles. The quantitative estimate of drug-likeness (QED) is 0.280. The zero-order chi connectivity index (χ0) is 27.4. The van der Waals surface area contributed by atoms with E-state index in [1.165, 1.54) is 6.33 Å². The zero-order valence-electron chi connectivity index (χ0n) is 22.6. The number of aromatic nitrogens is 5. The van der Waals surface area contributed by atoms with Crippen LogP contribution in [0.15, 0.2) is 42.7 Å². The number of nitrogens with zero attached hydrogens (tertiary/aromatic N) is 6. The first kappa shape index (κ1) is 26.5. The molecule has 0 N–H and O–H groups in total. The summed E-state index contributed by atoms with van der Waals surface area (Å²) >= 11 is 0. The molecule has 0 radical (unpaired) electrons. The minimum Gasteiger partial charge on any atom is -0.497 e. The van der Waals surface area contributed by atoms with Gasteiger partial charge in [-0.25, -0.2) is 19.0 Å². The van der Waals surface area contributed by atoms with Gasteiger partial charge in [0, 0.05) is 36.3 Å². The number of hydrogen-bond acceptors (Lipinski definition) is 9. The van der Waals surface area contributed by atoms with Crippen LogP contribution in [0, 0.1) is 0 Å². The van der Waals surface area contributed by atoms with E-state index in [4.69, 9.17) is 18.9 Å². The lowest BCUT2D eigenvalue weighted by molar-refractivity contribution is 0.161. The molecule has 0 spiro atoms. The first-order valence-electron chi connectivity index (χ1n) is 12.9. The number of benzene rings is 2. The molecule has 1 aliphatic rings. The van der Waals surface area contributed by atoms with E-state index in [-0.39, 0.29) is 6.04 Å². The van der Waals surface area contributed by atoms with Crippen LogP contribution < -0.4 is 23.8 Å². The molecule has 1 aliphatic carbocycles. The molecule has 206 valence electrons. The summed E-state index contributed by atoms with van der Waals surface area (Å²) in [6.45, 7) is 0.854. The third-order valence-electron chi connectivity index (χ3n) is 7.21. The topological polar surface area (TPSA) is 96.7 Å². The Morgan fingerprint density at radius 1 is 0.846 bits per heavy atom. The van der Waals surface area contributed by atoms with Crippen LogP contribution >= 0.6 is 0 Å². The Morgan fingerprint density at radius 2 is 1.46 bits per heavy atom. The molecule has 2 aromatic carbocycles. The van der Waals surface area contributed by atoms with Crippen molar-refractivity contribution < 1.29 is 23.3 Å². The Balaban J connectivity index is 1.59. The number of alkyl halides is 1. The van der Waals surface area contributed by atoms with Gasteiger partial charge >= 0.3 is 0 Å². The van der Waals surface area contributed by atoms with Gasteiger partial charge in [-0.3, -0.25) is 0 Å². The SMILES string of the molecule is COc1ccc(CN(Cc2ccc(OC)cc2OC)c2ncnc3c2nnn3[C@H]2CCCC[C@@H]2F)c(OC)c1. The molecule has 10 nitrogen and oxygen atoms in total. The molecular weight excluding hydrogens is 503 g/mol. The molecule has 2 aromatic heterocycles. The fourth-order valence-corrected chi connectivity index (χ4v) is 5.13. The summed E-state index contributed by atoms with van der Waals surface area (Å²) in [6, 6.07) is 11.0. The summed E-state index contributed by atoms with van der Waals surface area (Å²) in [5, 5.41) is 8.80. The summed E-state index contributed by atoms with van der Waals surface area (Å²) in [4.78, 5) is 11.2. The van der Waals surface area contributed by atoms with Crippen LogP contribution in [0.5, 0.6) is 23.0 Å². The molecule has 39 heavy (non-hydrogen) atoms. The summed E-state index contributed by atoms with van der Waals surface area (Å²) in [6.07, 6.45) is 3.55. The molecule has 5 rings (SSSR count). The maximum absolute atomic E-state index is 14.9. The van der Waals surface area contributed by atoms with Crippen LogP contribution in [0.1, 0.15) is 42.9 Å². The number of hydrogen-bond donors (Lipinski definition) is 0. The molecule has 11 heteroatoms. The second-order valence-electron chi connectivity index (χ2n) is 9.48. The van der Waals surface area contributed by atoms with Crippen LogP contribution in [0.3, 0.4) is 0 Å². The van der Waals surface area contributed by atoms with Crippen molar-refractivity contribution in [1.82, 2.24) is 25.0 Å². The van der Waals surface area contributed by atoms with E-state index in [0.717, 1.165) is 24.0 Å². The Bertz CT molecular complexity index is 1370. The van der Waals surface area contributed by atoms with Crippen molar-refractivity contribution in [2.75, 3.05) is 33.3 Å². The highest BCUT2D eigenvalue weighted by Gasteiger charge is 2.30. The van der Waals surface area contributed by atoms with Gasteiger partial charge in [0.05, 0.1) is 34.5 Å². The number of ether oxygens (including phenoxy) is 4. The van der Waals surface area contributed by atoms with Gasteiger partial charge in [0.25, 0.3) is 0 Å². The maximum Gasteiger partial charge on any atom is 0.184 e. The fourth-order valence-electron chi connectivity index (χ4n) is 5.13. The average molecular weight is 537 g/mol. The summed E-state index contributed by atoms with van der Waals surface area (Å²) in [5.41, 5.74) is 2.86. The van der Waals surface area contributed by atoms with Gasteiger partial charge in [0.2, 0.25) is 0 Å². The third-order valence-corrected chi connectivity index (χ3v) is 7.21. The molecule has 1 fully saturated rings. The molecular formula is C28H33FN6O4. The van der Waals surface area contributed by atoms with Gasteiger partial charge in [0.1, 0.15) is 35.5 Å². The number of fused-ring (bicyclic) bond motifs is 1. The van der Waals surface area contributed by atoms with Crippen LogP contribution in [0.25, 0.3) is 11.2 Å². The Kier molecular flexibility index (Phi) is 7.94. The third kappa shape index (κ3) is 5.39. The van der Waals surface area contributed by atoms with Crippen molar-refractivity contribution in [3.8, 4) is 23.0 Å². The summed E-state index contributed by atoms with van der Waals surface area (Å²) in [5.74, 6) is 3.32. The van der Waals surface area contributed by atoms with Crippen molar-refractivity contribution in [3.63, 3.8) is 0 Å². The molecule has 2 atom stereocenters. The lowest BCUT2D eigenvalue weighted by Gasteiger charge is -2.27. The molecule has 2 heterocycles. The number of rotatable bonds is 10. The first-order chi connectivity index (χ1) is 19.1. The molecule has 4 aromatic rings. The lowest BCUT2D eigenvalue weighted by Crippen LogP contribution is -2.26. The van der Waals surface area contributed by atoms with Crippen molar-refractivity contribution in [1.29, 1.82) is 0 Å². The second-order valence-corrected chi connectivity index (χ2v) is 9.48. The van der Waals surface area contributed by atoms with Gasteiger partial charge in [-0.05, 0) is 37.1 Å². The van der Waals surface area contributed by atoms with Crippen LogP contribution in [0.2, 0.25) is 0 Å². The standard InChI is InChI=1S/C28H33FN6O4/c1-36-20-11-9-18(24(13-20)38-3)15-34(16-19-10-12-21(37-2)14-25(19)39-4)27-26-28(31-17-30-27)35(33-32-26)23-8-6-5-7-22(23)29/h9-14,17,22-23H,5-8,15-16H2,1-4H3/t22-,23-/m0/s1. The van der Waals surface area contributed by atoms with E-state index in [1.54, 1.807) is 33.1 Å². The highest BCUT2D eigenvalue weighted by atomic mass is 19.1. The number of methoxy groups -OCH3 is 4. The molecule has 0 aliphatic heterocycles. The Morgan fingerprint density at radius 3 is 2.03 bits per heavy atom. The molecule has 0 amide bonds. The second kappa shape index (κ2) is 11.7. The smallest absolute Gasteiger partial charge is 0.184 e. The van der Waals surface area contributed by atoms with Crippen molar-refractivity contribution in [2.24, 2.45) is 0 Å². The van der Waals surface area contributed by atoms with E-state index < -0.39 is 6.17 Å². The predicted molar refractivity (Wildman–Crippen MR) is 144 cm³/mol. The van der Waals surface area contributed by atoms with Crippen LogP contribution in [0.4, 0.5) is 10.2 Å². The van der Waals surface area contributed by atoms with Crippen LogP contribution in [-0.2, 0) is 13.1 Å². The highest BCUT2D eigenvalue weighted by Crippen LogP contribution is 2.35. The minimum absolute atomic E-state index is 0.386. The van der Waals surface area contributed by atoms with E-state index in [0.29, 0.717) is 65.9 Å². The van der Waals surface area contributed by atoms with Gasteiger partial charge < -0.3 is 23.8 Å². The fraction of sp³-hybridized carbons (Fsp3) is 0.429. The predicted octanol–water partition coefficient (Wildman–Crippen LogP) is 4.92. The van der Waals surface area contributed by atoms with E-state index in [9.17, 15) is 4.39 Å². The van der Waals surface area contributed by atoms with Gasteiger partial charge in [0.15, 0.2) is 17.0 Å². The normalized spacial score (nSPS) is 17.2. The van der Waals surface area contributed by atoms with Crippen molar-refractivity contribution >= 4 is 17.0 Å². The highest BCUT2D eigenvalue weighted by molar-refractivity contribution is 5.82. The van der Waals surface area contributed by atoms with Gasteiger partial charge in [-0.15, -0.1) is 5.10 Å². The summed E-state index contributed by atoms with van der Waals surface area (Å²) in [7, 11) is 6.49. The number of halogens is 1. The van der Waals surface area contributed by atoms with Crippen molar-refractivity contribution in [2.45, 2.75) is 51.0 Å². The van der Waals surface area contributed by atoms with Gasteiger partial charge in [-0.2, -0.15) is 0 Å². The van der Waals surface area contributed by atoms with Gasteiger partial charge in [-0.1, -0.05) is 18.1 Å². The van der Waals surface area contributed by atoms with Crippen LogP contribution in [-0.4, -0.2) is 59.6 Å². The first-order valence-corrected chi connectivity index (χ1v) is 12.9.